The monoisotopic (exact) mass is 238 g/mol. The van der Waals surface area contributed by atoms with Crippen molar-refractivity contribution in [1.29, 1.82) is 0 Å². The van der Waals surface area contributed by atoms with Crippen LogP contribution in [-0.4, -0.2) is 29.3 Å². The first-order valence-electron chi connectivity index (χ1n) is 5.84. The lowest BCUT2D eigenvalue weighted by Gasteiger charge is -2.22. The normalized spacial score (nSPS) is 20.0. The molecule has 0 spiro atoms. The van der Waals surface area contributed by atoms with E-state index in [2.05, 4.69) is 15.4 Å². The molecule has 17 heavy (non-hydrogen) atoms. The number of nitrogens with zero attached hydrogens (tertiary/aromatic N) is 2. The molecule has 6 nitrogen and oxygen atoms in total. The number of nitrogens with one attached hydrogen (secondary N) is 1. The van der Waals surface area contributed by atoms with Crippen LogP contribution >= 0.6 is 0 Å². The second kappa shape index (κ2) is 5.79. The first kappa shape index (κ1) is 12.1. The number of hydrogen-bond acceptors (Lipinski definition) is 6. The van der Waals surface area contributed by atoms with Gasteiger partial charge < -0.3 is 9.47 Å². The Bertz CT molecular complexity index is 366. The molecule has 1 aromatic heterocycles. The molecule has 1 aliphatic rings. The molecule has 1 aromatic rings. The van der Waals surface area contributed by atoms with Gasteiger partial charge in [0, 0.05) is 18.4 Å². The first-order chi connectivity index (χ1) is 8.28. The second-order valence-electron chi connectivity index (χ2n) is 4.12. The number of nitrogen functional groups attached to an aromatic ring is 1. The smallest absolute Gasteiger partial charge is 0.240 e. The lowest BCUT2D eigenvalue weighted by atomic mass is 10.1. The quantitative estimate of drug-likeness (QED) is 0.602. The molecule has 0 aliphatic carbocycles. The summed E-state index contributed by atoms with van der Waals surface area (Å²) in [6, 6.07) is 1.78. The van der Waals surface area contributed by atoms with E-state index in [0.29, 0.717) is 18.4 Å². The Hall–Kier alpha value is -1.40. The van der Waals surface area contributed by atoms with Gasteiger partial charge in [0.15, 0.2) is 0 Å². The van der Waals surface area contributed by atoms with E-state index in [1.54, 1.807) is 6.07 Å². The zero-order valence-corrected chi connectivity index (χ0v) is 9.98. The summed E-state index contributed by atoms with van der Waals surface area (Å²) in [4.78, 5) is 8.20. The van der Waals surface area contributed by atoms with Crippen LogP contribution in [0.5, 0.6) is 5.88 Å². The number of hydrazine groups is 1. The molecule has 1 fully saturated rings. The van der Waals surface area contributed by atoms with Gasteiger partial charge in [-0.25, -0.2) is 10.8 Å². The fourth-order valence-electron chi connectivity index (χ4n) is 1.80. The zero-order chi connectivity index (χ0) is 12.1. The molecule has 0 amide bonds. The molecule has 0 radical (unpaired) electrons. The van der Waals surface area contributed by atoms with Crippen molar-refractivity contribution < 1.29 is 9.47 Å². The Balaban J connectivity index is 1.91. The van der Waals surface area contributed by atoms with Gasteiger partial charge in [-0.2, -0.15) is 4.98 Å². The van der Waals surface area contributed by atoms with Gasteiger partial charge in [0.1, 0.15) is 6.61 Å². The van der Waals surface area contributed by atoms with Gasteiger partial charge in [-0.05, 0) is 26.2 Å². The molecular weight excluding hydrogens is 220 g/mol. The van der Waals surface area contributed by atoms with Crippen molar-refractivity contribution in [2.75, 3.05) is 18.6 Å². The molecule has 2 heterocycles. The van der Waals surface area contributed by atoms with Crippen LogP contribution in [-0.2, 0) is 4.74 Å². The minimum atomic E-state index is 0.174. The summed E-state index contributed by atoms with van der Waals surface area (Å²) in [5, 5.41) is 0. The van der Waals surface area contributed by atoms with Crippen molar-refractivity contribution in [2.45, 2.75) is 32.3 Å². The van der Waals surface area contributed by atoms with E-state index in [1.807, 2.05) is 6.92 Å². The van der Waals surface area contributed by atoms with Crippen LogP contribution in [0.4, 0.5) is 5.95 Å². The molecule has 0 saturated carbocycles. The van der Waals surface area contributed by atoms with E-state index in [-0.39, 0.29) is 6.10 Å². The highest BCUT2D eigenvalue weighted by atomic mass is 16.5. The van der Waals surface area contributed by atoms with E-state index < -0.39 is 0 Å². The number of rotatable bonds is 4. The molecule has 1 aliphatic heterocycles. The molecule has 0 bridgehead atoms. The number of ether oxygens (including phenoxy) is 2. The lowest BCUT2D eigenvalue weighted by molar-refractivity contribution is -0.0119. The average molecular weight is 238 g/mol. The van der Waals surface area contributed by atoms with Crippen LogP contribution in [0.25, 0.3) is 0 Å². The summed E-state index contributed by atoms with van der Waals surface area (Å²) in [6.07, 6.45) is 3.57. The maximum Gasteiger partial charge on any atom is 0.240 e. The van der Waals surface area contributed by atoms with E-state index in [1.165, 1.54) is 6.42 Å². The van der Waals surface area contributed by atoms with Crippen molar-refractivity contribution in [3.05, 3.63) is 11.8 Å². The summed E-state index contributed by atoms with van der Waals surface area (Å²) < 4.78 is 11.2. The van der Waals surface area contributed by atoms with Crippen molar-refractivity contribution in [3.63, 3.8) is 0 Å². The van der Waals surface area contributed by atoms with Gasteiger partial charge in [0.05, 0.1) is 6.10 Å². The summed E-state index contributed by atoms with van der Waals surface area (Å²) in [7, 11) is 0. The van der Waals surface area contributed by atoms with Crippen molar-refractivity contribution in [2.24, 2.45) is 5.84 Å². The van der Waals surface area contributed by atoms with E-state index in [4.69, 9.17) is 15.3 Å². The molecule has 1 unspecified atom stereocenters. The van der Waals surface area contributed by atoms with Crippen molar-refractivity contribution >= 4 is 5.95 Å². The third kappa shape index (κ3) is 3.54. The minimum absolute atomic E-state index is 0.174. The van der Waals surface area contributed by atoms with Gasteiger partial charge in [0.2, 0.25) is 11.8 Å². The molecule has 3 N–H and O–H groups in total. The minimum Gasteiger partial charge on any atom is -0.475 e. The highest BCUT2D eigenvalue weighted by molar-refractivity contribution is 5.28. The highest BCUT2D eigenvalue weighted by Gasteiger charge is 2.15. The van der Waals surface area contributed by atoms with Gasteiger partial charge in [-0.15, -0.1) is 0 Å². The fourth-order valence-corrected chi connectivity index (χ4v) is 1.80. The number of anilines is 1. The van der Waals surface area contributed by atoms with Gasteiger partial charge in [0.25, 0.3) is 0 Å². The van der Waals surface area contributed by atoms with Crippen LogP contribution in [0.3, 0.4) is 0 Å². The molecule has 2 rings (SSSR count). The summed E-state index contributed by atoms with van der Waals surface area (Å²) in [6.45, 7) is 3.22. The summed E-state index contributed by atoms with van der Waals surface area (Å²) in [5.41, 5.74) is 3.23. The Morgan fingerprint density at radius 1 is 1.53 bits per heavy atom. The molecule has 1 saturated heterocycles. The predicted octanol–water partition coefficient (Wildman–Crippen LogP) is 1.02. The predicted molar refractivity (Wildman–Crippen MR) is 63.7 cm³/mol. The number of aromatic nitrogens is 2. The van der Waals surface area contributed by atoms with Crippen LogP contribution in [0.1, 0.15) is 25.0 Å². The Kier molecular flexibility index (Phi) is 4.11. The summed E-state index contributed by atoms with van der Waals surface area (Å²) >= 11 is 0. The molecular formula is C11H18N4O2. The van der Waals surface area contributed by atoms with Crippen molar-refractivity contribution in [1.82, 2.24) is 9.97 Å². The van der Waals surface area contributed by atoms with Gasteiger partial charge >= 0.3 is 0 Å². The van der Waals surface area contributed by atoms with Crippen LogP contribution < -0.4 is 16.0 Å². The highest BCUT2D eigenvalue weighted by Crippen LogP contribution is 2.16. The SMILES string of the molecule is Cc1cc(OCC2CCCCO2)nc(NN)n1. The second-order valence-corrected chi connectivity index (χ2v) is 4.12. The number of nitrogens with two attached hydrogens (primary N) is 1. The van der Waals surface area contributed by atoms with E-state index in [0.717, 1.165) is 25.1 Å². The maximum absolute atomic E-state index is 5.60. The standard InChI is InChI=1S/C11H18N4O2/c1-8-6-10(14-11(13-8)15-12)17-7-9-4-2-3-5-16-9/h6,9H,2-5,7,12H2,1H3,(H,13,14,15). The third-order valence-electron chi connectivity index (χ3n) is 2.65. The Morgan fingerprint density at radius 3 is 3.12 bits per heavy atom. The molecule has 94 valence electrons. The average Bonchev–Trinajstić information content (AvgIpc) is 2.37. The Morgan fingerprint density at radius 2 is 2.41 bits per heavy atom. The van der Waals surface area contributed by atoms with Gasteiger partial charge in [-0.3, -0.25) is 5.43 Å². The zero-order valence-electron chi connectivity index (χ0n) is 9.98. The van der Waals surface area contributed by atoms with E-state index in [9.17, 15) is 0 Å². The van der Waals surface area contributed by atoms with Gasteiger partial charge in [-0.1, -0.05) is 0 Å². The largest absolute Gasteiger partial charge is 0.475 e. The molecule has 6 heteroatoms. The van der Waals surface area contributed by atoms with Crippen LogP contribution in [0, 0.1) is 6.92 Å². The number of hydrogen-bond donors (Lipinski definition) is 2. The molecule has 1 atom stereocenters. The first-order valence-corrected chi connectivity index (χ1v) is 5.84. The van der Waals surface area contributed by atoms with E-state index >= 15 is 0 Å². The molecule has 0 aromatic carbocycles. The third-order valence-corrected chi connectivity index (χ3v) is 2.65. The maximum atomic E-state index is 5.60. The van der Waals surface area contributed by atoms with Crippen LogP contribution in [0.2, 0.25) is 0 Å². The van der Waals surface area contributed by atoms with Crippen molar-refractivity contribution in [3.8, 4) is 5.88 Å². The fraction of sp³-hybridized carbons (Fsp3) is 0.636. The lowest BCUT2D eigenvalue weighted by Crippen LogP contribution is -2.26. The van der Waals surface area contributed by atoms with Crippen LogP contribution in [0.15, 0.2) is 6.07 Å². The Labute approximate surface area is 101 Å². The number of aryl methyl sites for hydroxylation is 1. The topological polar surface area (TPSA) is 82.3 Å². The summed E-state index contributed by atoms with van der Waals surface area (Å²) in [5.74, 6) is 6.16.